The van der Waals surface area contributed by atoms with E-state index >= 15 is 0 Å². The largest absolute Gasteiger partial charge is 0.491 e. The lowest BCUT2D eigenvalue weighted by molar-refractivity contribution is 0.219. The van der Waals surface area contributed by atoms with Gasteiger partial charge in [0.05, 0.1) is 5.70 Å². The van der Waals surface area contributed by atoms with E-state index in [-0.39, 0.29) is 11.7 Å². The third-order valence-corrected chi connectivity index (χ3v) is 6.62. The maximum atomic E-state index is 13.6. The fraction of sp³-hybridized carbons (Fsp3) is 0.333. The maximum Gasteiger partial charge on any atom is 0.135 e. The van der Waals surface area contributed by atoms with Crippen molar-refractivity contribution in [1.29, 1.82) is 0 Å². The number of benzene rings is 1. The van der Waals surface area contributed by atoms with Crippen molar-refractivity contribution in [3.8, 4) is 0 Å². The molecule has 1 saturated carbocycles. The van der Waals surface area contributed by atoms with Crippen LogP contribution in [0.1, 0.15) is 24.8 Å². The molecule has 0 spiro atoms. The molecule has 0 saturated heterocycles. The summed E-state index contributed by atoms with van der Waals surface area (Å²) in [5.41, 5.74) is 3.01. The summed E-state index contributed by atoms with van der Waals surface area (Å²) in [6.07, 6.45) is 17.8. The molecule has 2 heterocycles. The van der Waals surface area contributed by atoms with Gasteiger partial charge >= 0.3 is 0 Å². The monoisotopic (exact) mass is 406 g/mol. The van der Waals surface area contributed by atoms with Crippen LogP contribution < -0.4 is 0 Å². The van der Waals surface area contributed by atoms with E-state index in [9.17, 15) is 4.39 Å². The molecule has 0 bridgehead atoms. The summed E-state index contributed by atoms with van der Waals surface area (Å²) in [6.45, 7) is 0.507. The van der Waals surface area contributed by atoms with Crippen LogP contribution in [-0.4, -0.2) is 24.9 Å². The van der Waals surface area contributed by atoms with Crippen LogP contribution in [-0.2, 0) is 4.74 Å². The van der Waals surface area contributed by atoms with Gasteiger partial charge in [-0.1, -0.05) is 24.3 Å². The topological polar surface area (TPSA) is 34.0 Å². The molecule has 1 aromatic rings. The minimum atomic E-state index is -0.211. The fourth-order valence-electron chi connectivity index (χ4n) is 4.16. The van der Waals surface area contributed by atoms with Crippen molar-refractivity contribution in [2.45, 2.75) is 24.2 Å². The van der Waals surface area contributed by atoms with Crippen molar-refractivity contribution in [2.75, 3.05) is 12.9 Å². The Labute approximate surface area is 174 Å². The smallest absolute Gasteiger partial charge is 0.135 e. The highest BCUT2D eigenvalue weighted by Gasteiger charge is 2.40. The summed E-state index contributed by atoms with van der Waals surface area (Å²) in [4.78, 5) is 10.4. The fourth-order valence-corrected chi connectivity index (χ4v) is 4.80. The van der Waals surface area contributed by atoms with Gasteiger partial charge in [-0.15, -0.1) is 11.8 Å². The summed E-state index contributed by atoms with van der Waals surface area (Å²) in [6, 6.07) is 4.93. The number of rotatable bonds is 5. The van der Waals surface area contributed by atoms with Crippen LogP contribution in [0.4, 0.5) is 4.39 Å². The number of aliphatic imine (C=N–C) groups is 2. The Hall–Kier alpha value is -2.40. The van der Waals surface area contributed by atoms with Gasteiger partial charge in [-0.2, -0.15) is 0 Å². The van der Waals surface area contributed by atoms with Crippen LogP contribution in [0, 0.1) is 23.6 Å². The van der Waals surface area contributed by atoms with Gasteiger partial charge in [0.15, 0.2) is 0 Å². The van der Waals surface area contributed by atoms with Gasteiger partial charge in [0, 0.05) is 22.9 Å². The molecule has 0 N–H and O–H groups in total. The second-order valence-electron chi connectivity index (χ2n) is 7.82. The Morgan fingerprint density at radius 3 is 3.14 bits per heavy atom. The highest BCUT2D eigenvalue weighted by Crippen LogP contribution is 2.47. The van der Waals surface area contributed by atoms with Gasteiger partial charge in [-0.05, 0) is 66.9 Å². The first-order valence-corrected chi connectivity index (χ1v) is 11.3. The minimum absolute atomic E-state index is 0.211. The Kier molecular flexibility index (Phi) is 5.00. The van der Waals surface area contributed by atoms with Gasteiger partial charge in [-0.25, -0.2) is 14.4 Å². The molecule has 0 amide bonds. The zero-order valence-corrected chi connectivity index (χ0v) is 17.2. The van der Waals surface area contributed by atoms with E-state index in [0.29, 0.717) is 18.4 Å². The third kappa shape index (κ3) is 3.88. The summed E-state index contributed by atoms with van der Waals surface area (Å²) >= 11 is 1.55. The highest BCUT2D eigenvalue weighted by molar-refractivity contribution is 7.98. The summed E-state index contributed by atoms with van der Waals surface area (Å²) in [7, 11) is 0. The van der Waals surface area contributed by atoms with Gasteiger partial charge < -0.3 is 4.74 Å². The number of hydrogen-bond donors (Lipinski definition) is 0. The van der Waals surface area contributed by atoms with Crippen molar-refractivity contribution in [2.24, 2.45) is 27.7 Å². The first kappa shape index (κ1) is 18.6. The van der Waals surface area contributed by atoms with Crippen LogP contribution in [0.5, 0.6) is 0 Å². The SMILES string of the molecule is CSc1cc(F)ccc1/C1=C/CCC2C=C(COC3=CC=C[C@H]4CC34)N=C2N=C1. The van der Waals surface area contributed by atoms with Gasteiger partial charge in [0.1, 0.15) is 24.0 Å². The van der Waals surface area contributed by atoms with Crippen molar-refractivity contribution in [3.05, 3.63) is 71.4 Å². The lowest BCUT2D eigenvalue weighted by Gasteiger charge is -2.13. The quantitative estimate of drug-likeness (QED) is 0.578. The number of thioether (sulfide) groups is 1. The molecule has 2 aliphatic heterocycles. The molecule has 4 aliphatic rings. The van der Waals surface area contributed by atoms with E-state index in [1.807, 2.05) is 18.5 Å². The summed E-state index contributed by atoms with van der Waals surface area (Å²) < 4.78 is 19.6. The first-order chi connectivity index (χ1) is 14.2. The number of fused-ring (bicyclic) bond motifs is 2. The van der Waals surface area contributed by atoms with E-state index in [1.165, 1.54) is 12.5 Å². The number of hydrogen-bond acceptors (Lipinski definition) is 4. The molecular formula is C24H23FN2OS. The van der Waals surface area contributed by atoms with Crippen molar-refractivity contribution in [3.63, 3.8) is 0 Å². The summed E-state index contributed by atoms with van der Waals surface area (Å²) in [5.74, 6) is 3.23. The molecule has 2 aliphatic carbocycles. The molecule has 3 atom stereocenters. The van der Waals surface area contributed by atoms with E-state index < -0.39 is 0 Å². The van der Waals surface area contributed by atoms with E-state index in [4.69, 9.17) is 9.73 Å². The molecule has 1 fully saturated rings. The molecule has 29 heavy (non-hydrogen) atoms. The minimum Gasteiger partial charge on any atom is -0.491 e. The van der Waals surface area contributed by atoms with Crippen molar-refractivity contribution >= 4 is 29.4 Å². The standard InChI is InChI=1S/C24H23FN2OS/c1-29-23-12-18(25)8-9-20(23)17-6-2-5-16-10-19(27-24(16)26-13-17)14-28-22-7-3-4-15-11-21(15)22/h3-4,6-10,12-13,15-16,21H,2,5,11,14H2,1H3/b17-6+,26-13?/t15-,16?,21?/m0/s1. The van der Waals surface area contributed by atoms with Crippen LogP contribution in [0.15, 0.2) is 74.9 Å². The van der Waals surface area contributed by atoms with E-state index in [0.717, 1.165) is 46.2 Å². The lowest BCUT2D eigenvalue weighted by Crippen LogP contribution is -2.09. The van der Waals surface area contributed by atoms with Crippen LogP contribution in [0.2, 0.25) is 0 Å². The number of nitrogens with zero attached hydrogens (tertiary/aromatic N) is 2. The van der Waals surface area contributed by atoms with Crippen molar-refractivity contribution < 1.29 is 9.13 Å². The van der Waals surface area contributed by atoms with Gasteiger partial charge in [0.2, 0.25) is 0 Å². The zero-order chi connectivity index (χ0) is 19.8. The molecule has 5 heteroatoms. The predicted octanol–water partition coefficient (Wildman–Crippen LogP) is 5.81. The van der Waals surface area contributed by atoms with Crippen molar-refractivity contribution in [1.82, 2.24) is 0 Å². The van der Waals surface area contributed by atoms with Gasteiger partial charge in [0.25, 0.3) is 0 Å². The molecule has 0 radical (unpaired) electrons. The summed E-state index contributed by atoms with van der Waals surface area (Å²) in [5, 5.41) is 0. The lowest BCUT2D eigenvalue weighted by atomic mass is 9.98. The average Bonchev–Trinajstić information content (AvgIpc) is 3.42. The molecule has 0 aromatic heterocycles. The Bertz CT molecular complexity index is 1020. The van der Waals surface area contributed by atoms with E-state index in [2.05, 4.69) is 35.4 Å². The molecule has 5 rings (SSSR count). The molecular weight excluding hydrogens is 383 g/mol. The number of halogens is 1. The Morgan fingerprint density at radius 1 is 1.31 bits per heavy atom. The Balaban J connectivity index is 1.30. The maximum absolute atomic E-state index is 13.6. The third-order valence-electron chi connectivity index (χ3n) is 5.85. The Morgan fingerprint density at radius 2 is 2.24 bits per heavy atom. The predicted molar refractivity (Wildman–Crippen MR) is 118 cm³/mol. The first-order valence-electron chi connectivity index (χ1n) is 10.1. The zero-order valence-electron chi connectivity index (χ0n) is 16.3. The average molecular weight is 407 g/mol. The molecule has 148 valence electrons. The number of ether oxygens (including phenoxy) is 1. The van der Waals surface area contributed by atoms with E-state index in [1.54, 1.807) is 17.8 Å². The number of allylic oxidation sites excluding steroid dienone is 6. The number of amidine groups is 1. The molecule has 1 aromatic carbocycles. The normalized spacial score (nSPS) is 28.8. The second kappa shape index (κ2) is 7.79. The second-order valence-corrected chi connectivity index (χ2v) is 8.67. The molecule has 2 unspecified atom stereocenters. The van der Waals surface area contributed by atoms with Crippen LogP contribution >= 0.6 is 11.8 Å². The molecule has 3 nitrogen and oxygen atoms in total. The highest BCUT2D eigenvalue weighted by atomic mass is 32.2. The van der Waals surface area contributed by atoms with Crippen LogP contribution in [0.3, 0.4) is 0 Å². The van der Waals surface area contributed by atoms with Gasteiger partial charge in [-0.3, -0.25) is 0 Å². The van der Waals surface area contributed by atoms with Crippen LogP contribution in [0.25, 0.3) is 5.57 Å².